The second-order valence-electron chi connectivity index (χ2n) is 7.82. The fourth-order valence-corrected chi connectivity index (χ4v) is 4.83. The summed E-state index contributed by atoms with van der Waals surface area (Å²) < 4.78 is 26.4. The molecule has 9 nitrogen and oxygen atoms in total. The van der Waals surface area contributed by atoms with Gasteiger partial charge in [0.1, 0.15) is 12.1 Å². The Bertz CT molecular complexity index is 951. The third kappa shape index (κ3) is 4.13. The maximum atomic E-state index is 12.8. The fraction of sp³-hybridized carbons (Fsp3) is 0.526. The molecular weight excluding hydrogens is 396 g/mol. The first-order chi connectivity index (χ1) is 13.6. The van der Waals surface area contributed by atoms with E-state index in [9.17, 15) is 22.8 Å². The van der Waals surface area contributed by atoms with Crippen LogP contribution in [0.3, 0.4) is 0 Å². The summed E-state index contributed by atoms with van der Waals surface area (Å²) in [6.07, 6.45) is 2.83. The van der Waals surface area contributed by atoms with Crippen molar-refractivity contribution in [3.63, 3.8) is 0 Å². The molecule has 0 radical (unpaired) electrons. The predicted octanol–water partition coefficient (Wildman–Crippen LogP) is 1.34. The van der Waals surface area contributed by atoms with Crippen LogP contribution < -0.4 is 15.4 Å². The summed E-state index contributed by atoms with van der Waals surface area (Å²) >= 11 is 0. The summed E-state index contributed by atoms with van der Waals surface area (Å²) in [5, 5.41) is 5.34. The van der Waals surface area contributed by atoms with Crippen molar-refractivity contribution < 1.29 is 22.8 Å². The quantitative estimate of drug-likeness (QED) is 0.618. The number of imide groups is 1. The Labute approximate surface area is 170 Å². The molecule has 10 heteroatoms. The average molecular weight is 423 g/mol. The molecule has 1 aromatic carbocycles. The van der Waals surface area contributed by atoms with Gasteiger partial charge in [-0.15, -0.1) is 0 Å². The Morgan fingerprint density at radius 2 is 1.93 bits per heavy atom. The van der Waals surface area contributed by atoms with E-state index < -0.39 is 34.0 Å². The van der Waals surface area contributed by atoms with Crippen LogP contribution in [-0.2, 0) is 19.6 Å². The number of amides is 4. The fourth-order valence-electron chi connectivity index (χ4n) is 3.84. The number of anilines is 1. The molecule has 1 aliphatic carbocycles. The van der Waals surface area contributed by atoms with E-state index in [4.69, 9.17) is 0 Å². The average Bonchev–Trinajstić information content (AvgIpc) is 2.90. The highest BCUT2D eigenvalue weighted by Gasteiger charge is 2.52. The first kappa shape index (κ1) is 21.3. The van der Waals surface area contributed by atoms with E-state index in [2.05, 4.69) is 22.3 Å². The van der Waals surface area contributed by atoms with E-state index in [0.717, 1.165) is 17.7 Å². The molecule has 2 fully saturated rings. The SMILES string of the molecule is CNS(=O)(=O)c1cc(NC(=O)CN2C(=O)NC3(CCC(C)CC3)C2=O)ccc1C. The zero-order chi connectivity index (χ0) is 21.4. The summed E-state index contributed by atoms with van der Waals surface area (Å²) in [4.78, 5) is 38.6. The number of urea groups is 1. The summed E-state index contributed by atoms with van der Waals surface area (Å²) in [7, 11) is -2.38. The number of carbonyl (C=O) groups is 3. The van der Waals surface area contributed by atoms with Crippen molar-refractivity contribution in [1.82, 2.24) is 14.9 Å². The van der Waals surface area contributed by atoms with Gasteiger partial charge >= 0.3 is 6.03 Å². The molecular formula is C19H26N4O5S. The molecule has 1 saturated carbocycles. The van der Waals surface area contributed by atoms with Gasteiger partial charge in [-0.25, -0.2) is 17.9 Å². The van der Waals surface area contributed by atoms with Crippen molar-refractivity contribution in [2.75, 3.05) is 18.9 Å². The molecule has 1 aromatic rings. The number of nitrogens with one attached hydrogen (secondary N) is 3. The van der Waals surface area contributed by atoms with Gasteiger partial charge in [-0.05, 0) is 63.3 Å². The number of hydrogen-bond donors (Lipinski definition) is 3. The van der Waals surface area contributed by atoms with E-state index in [1.165, 1.54) is 13.1 Å². The Kier molecular flexibility index (Phi) is 5.68. The van der Waals surface area contributed by atoms with Gasteiger partial charge in [0.05, 0.1) is 4.90 Å². The van der Waals surface area contributed by atoms with Crippen molar-refractivity contribution in [3.05, 3.63) is 23.8 Å². The number of hydrogen-bond acceptors (Lipinski definition) is 5. The Morgan fingerprint density at radius 1 is 1.28 bits per heavy atom. The van der Waals surface area contributed by atoms with E-state index in [1.54, 1.807) is 19.1 Å². The first-order valence-electron chi connectivity index (χ1n) is 9.56. The molecule has 1 saturated heterocycles. The Balaban J connectivity index is 1.71. The van der Waals surface area contributed by atoms with Crippen LogP contribution in [0.25, 0.3) is 0 Å². The standard InChI is InChI=1S/C19H26N4O5S/c1-12-6-8-19(9-7-12)17(25)23(18(26)22-19)11-16(24)21-14-5-4-13(2)15(10-14)29(27,28)20-3/h4-5,10,12,20H,6-9,11H2,1-3H3,(H,21,24)(H,22,26). The highest BCUT2D eigenvalue weighted by Crippen LogP contribution is 2.36. The smallest absolute Gasteiger partial charge is 0.324 e. The van der Waals surface area contributed by atoms with Gasteiger partial charge in [0.2, 0.25) is 15.9 Å². The first-order valence-corrected chi connectivity index (χ1v) is 11.0. The van der Waals surface area contributed by atoms with Crippen LogP contribution in [-0.4, -0.2) is 50.3 Å². The lowest BCUT2D eigenvalue weighted by Crippen LogP contribution is -2.49. The van der Waals surface area contributed by atoms with Crippen molar-refractivity contribution in [3.8, 4) is 0 Å². The molecule has 3 rings (SSSR count). The minimum Gasteiger partial charge on any atom is -0.324 e. The molecule has 0 bridgehead atoms. The van der Waals surface area contributed by atoms with Crippen LogP contribution in [0.1, 0.15) is 38.2 Å². The van der Waals surface area contributed by atoms with Crippen LogP contribution >= 0.6 is 0 Å². The van der Waals surface area contributed by atoms with Gasteiger partial charge in [0.25, 0.3) is 5.91 Å². The van der Waals surface area contributed by atoms with Crippen LogP contribution in [0.15, 0.2) is 23.1 Å². The third-order valence-electron chi connectivity index (χ3n) is 5.71. The van der Waals surface area contributed by atoms with Gasteiger partial charge in [-0.3, -0.25) is 14.5 Å². The molecule has 4 amide bonds. The van der Waals surface area contributed by atoms with Crippen LogP contribution in [0.4, 0.5) is 10.5 Å². The molecule has 0 atom stereocenters. The van der Waals surface area contributed by atoms with E-state index in [1.807, 2.05) is 0 Å². The molecule has 3 N–H and O–H groups in total. The Hall–Kier alpha value is -2.46. The molecule has 1 heterocycles. The summed E-state index contributed by atoms with van der Waals surface area (Å²) in [6.45, 7) is 3.33. The van der Waals surface area contributed by atoms with Crippen LogP contribution in [0, 0.1) is 12.8 Å². The number of aryl methyl sites for hydroxylation is 1. The van der Waals surface area contributed by atoms with Crippen molar-refractivity contribution >= 4 is 33.6 Å². The summed E-state index contributed by atoms with van der Waals surface area (Å²) in [6, 6.07) is 3.92. The van der Waals surface area contributed by atoms with Gasteiger partial charge in [0.15, 0.2) is 0 Å². The van der Waals surface area contributed by atoms with Gasteiger partial charge < -0.3 is 10.6 Å². The number of rotatable bonds is 5. The lowest BCUT2D eigenvalue weighted by atomic mass is 9.77. The van der Waals surface area contributed by atoms with Crippen molar-refractivity contribution in [2.24, 2.45) is 5.92 Å². The van der Waals surface area contributed by atoms with Crippen LogP contribution in [0.5, 0.6) is 0 Å². The van der Waals surface area contributed by atoms with Gasteiger partial charge in [-0.1, -0.05) is 13.0 Å². The van der Waals surface area contributed by atoms with Gasteiger partial charge in [-0.2, -0.15) is 0 Å². The van der Waals surface area contributed by atoms with Crippen molar-refractivity contribution in [1.29, 1.82) is 0 Å². The topological polar surface area (TPSA) is 125 Å². The maximum absolute atomic E-state index is 12.8. The third-order valence-corrected chi connectivity index (χ3v) is 7.26. The summed E-state index contributed by atoms with van der Waals surface area (Å²) in [5.74, 6) is -0.439. The lowest BCUT2D eigenvalue weighted by Gasteiger charge is -2.33. The maximum Gasteiger partial charge on any atom is 0.325 e. The monoisotopic (exact) mass is 422 g/mol. The molecule has 0 aromatic heterocycles. The number of carbonyl (C=O) groups excluding carboxylic acids is 3. The summed E-state index contributed by atoms with van der Waals surface area (Å²) in [5.41, 5.74) is -0.107. The molecule has 158 valence electrons. The van der Waals surface area contributed by atoms with E-state index >= 15 is 0 Å². The molecule has 29 heavy (non-hydrogen) atoms. The second kappa shape index (κ2) is 7.75. The minimum absolute atomic E-state index is 0.0445. The normalized spacial score (nSPS) is 24.7. The Morgan fingerprint density at radius 3 is 2.55 bits per heavy atom. The highest BCUT2D eigenvalue weighted by atomic mass is 32.2. The predicted molar refractivity (Wildman–Crippen MR) is 107 cm³/mol. The lowest BCUT2D eigenvalue weighted by molar-refractivity contribution is -0.135. The zero-order valence-corrected chi connectivity index (χ0v) is 17.6. The van der Waals surface area contributed by atoms with Crippen molar-refractivity contribution in [2.45, 2.75) is 50.0 Å². The highest BCUT2D eigenvalue weighted by molar-refractivity contribution is 7.89. The molecule has 0 unspecified atom stereocenters. The minimum atomic E-state index is -3.68. The number of sulfonamides is 1. The number of benzene rings is 1. The molecule has 1 aliphatic heterocycles. The van der Waals surface area contributed by atoms with Gasteiger partial charge in [0, 0.05) is 5.69 Å². The van der Waals surface area contributed by atoms with E-state index in [-0.39, 0.29) is 16.5 Å². The molecule has 2 aliphatic rings. The molecule has 1 spiro atoms. The largest absolute Gasteiger partial charge is 0.325 e. The number of nitrogens with zero attached hydrogens (tertiary/aromatic N) is 1. The van der Waals surface area contributed by atoms with Crippen LogP contribution in [0.2, 0.25) is 0 Å². The second-order valence-corrected chi connectivity index (χ2v) is 9.68. The van der Waals surface area contributed by atoms with E-state index in [0.29, 0.717) is 24.3 Å². The zero-order valence-electron chi connectivity index (χ0n) is 16.7.